The van der Waals surface area contributed by atoms with Gasteiger partial charge in [-0.3, -0.25) is 4.79 Å². The lowest BCUT2D eigenvalue weighted by molar-refractivity contribution is -0.116. The van der Waals surface area contributed by atoms with Crippen LogP contribution in [0.25, 0.3) is 22.8 Å². The largest absolute Gasteiger partial charge is 0.437 e. The summed E-state index contributed by atoms with van der Waals surface area (Å²) in [4.78, 5) is 20.7. The highest BCUT2D eigenvalue weighted by Gasteiger charge is 2.04. The number of para-hydroxylation sites is 2. The molecule has 0 saturated carbocycles. The molecule has 0 unspecified atom stereocenters. The Morgan fingerprint density at radius 3 is 2.92 bits per heavy atom. The number of pyridine rings is 1. The molecule has 0 spiro atoms. The van der Waals surface area contributed by atoms with Gasteiger partial charge in [-0.2, -0.15) is 0 Å². The van der Waals surface area contributed by atoms with Crippen LogP contribution in [0.1, 0.15) is 11.6 Å². The molecular weight excluding hydrogens is 316 g/mol. The van der Waals surface area contributed by atoms with E-state index in [2.05, 4.69) is 15.3 Å². The number of carbonyl (C=O) groups is 1. The van der Waals surface area contributed by atoms with Crippen molar-refractivity contribution in [3.05, 3.63) is 72.5 Å². The highest BCUT2D eigenvalue weighted by molar-refractivity contribution is 5.91. The van der Waals surface area contributed by atoms with Crippen LogP contribution in [0.4, 0.5) is 0 Å². The maximum Gasteiger partial charge on any atom is 0.244 e. The van der Waals surface area contributed by atoms with Crippen LogP contribution in [0.3, 0.4) is 0 Å². The molecule has 0 fully saturated rings. The lowest BCUT2D eigenvalue weighted by Crippen LogP contribution is -2.23. The summed E-state index contributed by atoms with van der Waals surface area (Å²) in [6, 6.07) is 13.3. The maximum absolute atomic E-state index is 11.9. The molecule has 25 heavy (non-hydrogen) atoms. The van der Waals surface area contributed by atoms with Crippen LogP contribution in [0.15, 0.2) is 65.4 Å². The minimum Gasteiger partial charge on any atom is -0.437 e. The standard InChI is InChI=1S/C19H16N4O2/c24-18(8-9-19-22-15-5-1-2-6-16(15)25-19)20-11-10-14-13-23-12-4-3-7-17(23)21-14/h1-9,12-13H,10-11H2,(H,20,24). The second-order valence-electron chi connectivity index (χ2n) is 5.59. The van der Waals surface area contributed by atoms with E-state index in [-0.39, 0.29) is 5.91 Å². The Bertz CT molecular complexity index is 995. The van der Waals surface area contributed by atoms with E-state index in [0.717, 1.165) is 16.9 Å². The van der Waals surface area contributed by atoms with Gasteiger partial charge in [0.05, 0.1) is 5.69 Å². The van der Waals surface area contributed by atoms with Crippen molar-refractivity contribution in [2.45, 2.75) is 6.42 Å². The average molecular weight is 332 g/mol. The molecule has 4 aromatic rings. The van der Waals surface area contributed by atoms with Gasteiger partial charge in [0.2, 0.25) is 11.8 Å². The molecule has 0 bridgehead atoms. The summed E-state index contributed by atoms with van der Waals surface area (Å²) in [6.45, 7) is 0.514. The third-order valence-corrected chi connectivity index (χ3v) is 3.78. The van der Waals surface area contributed by atoms with Crippen molar-refractivity contribution in [2.24, 2.45) is 0 Å². The number of aromatic nitrogens is 3. The van der Waals surface area contributed by atoms with Gasteiger partial charge in [-0.25, -0.2) is 9.97 Å². The minimum atomic E-state index is -0.189. The number of hydrogen-bond donors (Lipinski definition) is 1. The van der Waals surface area contributed by atoms with Crippen LogP contribution >= 0.6 is 0 Å². The van der Waals surface area contributed by atoms with Crippen LogP contribution in [0, 0.1) is 0 Å². The van der Waals surface area contributed by atoms with Crippen molar-refractivity contribution in [1.82, 2.24) is 19.7 Å². The number of oxazole rings is 1. The zero-order chi connectivity index (χ0) is 17.1. The predicted molar refractivity (Wildman–Crippen MR) is 94.9 cm³/mol. The Hall–Kier alpha value is -3.41. The van der Waals surface area contributed by atoms with Crippen molar-refractivity contribution in [3.63, 3.8) is 0 Å². The Kier molecular flexibility index (Phi) is 4.00. The molecule has 6 heteroatoms. The number of nitrogens with one attached hydrogen (secondary N) is 1. The lowest BCUT2D eigenvalue weighted by atomic mass is 10.3. The van der Waals surface area contributed by atoms with E-state index in [0.29, 0.717) is 24.4 Å². The normalized spacial score (nSPS) is 11.5. The van der Waals surface area contributed by atoms with Crippen molar-refractivity contribution in [1.29, 1.82) is 0 Å². The lowest BCUT2D eigenvalue weighted by Gasteiger charge is -1.99. The van der Waals surface area contributed by atoms with E-state index < -0.39 is 0 Å². The van der Waals surface area contributed by atoms with Crippen LogP contribution in [0.2, 0.25) is 0 Å². The van der Waals surface area contributed by atoms with Gasteiger partial charge >= 0.3 is 0 Å². The molecule has 1 amide bonds. The molecule has 1 aromatic carbocycles. The number of fused-ring (bicyclic) bond motifs is 2. The van der Waals surface area contributed by atoms with Crippen LogP contribution < -0.4 is 5.32 Å². The van der Waals surface area contributed by atoms with E-state index in [1.165, 1.54) is 6.08 Å². The molecule has 124 valence electrons. The van der Waals surface area contributed by atoms with E-state index in [4.69, 9.17) is 4.42 Å². The summed E-state index contributed by atoms with van der Waals surface area (Å²) >= 11 is 0. The summed E-state index contributed by atoms with van der Waals surface area (Å²) in [6.07, 6.45) is 7.59. The first-order valence-corrected chi connectivity index (χ1v) is 8.02. The van der Waals surface area contributed by atoms with Gasteiger partial charge in [-0.1, -0.05) is 18.2 Å². The number of carbonyl (C=O) groups excluding carboxylic acids is 1. The van der Waals surface area contributed by atoms with Crippen molar-refractivity contribution in [2.75, 3.05) is 6.54 Å². The van der Waals surface area contributed by atoms with E-state index in [1.54, 1.807) is 6.08 Å². The predicted octanol–water partition coefficient (Wildman–Crippen LogP) is 2.85. The van der Waals surface area contributed by atoms with Gasteiger partial charge in [-0.05, 0) is 24.3 Å². The molecule has 0 aliphatic heterocycles. The third kappa shape index (κ3) is 3.42. The van der Waals surface area contributed by atoms with Gasteiger partial charge in [0.1, 0.15) is 11.2 Å². The molecule has 0 aliphatic carbocycles. The quantitative estimate of drug-likeness (QED) is 0.570. The van der Waals surface area contributed by atoms with Gasteiger partial charge in [0.15, 0.2) is 5.58 Å². The number of imidazole rings is 1. The maximum atomic E-state index is 11.9. The minimum absolute atomic E-state index is 0.189. The summed E-state index contributed by atoms with van der Waals surface area (Å²) in [7, 11) is 0. The van der Waals surface area contributed by atoms with Crippen molar-refractivity contribution in [3.8, 4) is 0 Å². The van der Waals surface area contributed by atoms with Gasteiger partial charge in [-0.15, -0.1) is 0 Å². The van der Waals surface area contributed by atoms with Gasteiger partial charge in [0.25, 0.3) is 0 Å². The fraction of sp³-hybridized carbons (Fsp3) is 0.105. The SMILES string of the molecule is O=C(C=Cc1nc2ccccc2o1)NCCc1cn2ccccc2n1. The summed E-state index contributed by atoms with van der Waals surface area (Å²) in [5, 5.41) is 2.84. The molecule has 0 radical (unpaired) electrons. The smallest absolute Gasteiger partial charge is 0.244 e. The molecule has 3 heterocycles. The first kappa shape index (κ1) is 15.1. The van der Waals surface area contributed by atoms with Gasteiger partial charge in [0, 0.05) is 37.5 Å². The molecule has 4 rings (SSSR count). The summed E-state index contributed by atoms with van der Waals surface area (Å²) < 4.78 is 7.50. The second-order valence-corrected chi connectivity index (χ2v) is 5.59. The number of benzene rings is 1. The fourth-order valence-electron chi connectivity index (χ4n) is 2.59. The number of nitrogens with zero attached hydrogens (tertiary/aromatic N) is 3. The first-order valence-electron chi connectivity index (χ1n) is 8.02. The van der Waals surface area contributed by atoms with Crippen molar-refractivity contribution >= 4 is 28.7 Å². The van der Waals surface area contributed by atoms with E-state index in [9.17, 15) is 4.79 Å². The van der Waals surface area contributed by atoms with Crippen LogP contribution in [-0.2, 0) is 11.2 Å². The molecule has 0 atom stereocenters. The molecule has 0 aliphatic rings. The fourth-order valence-corrected chi connectivity index (χ4v) is 2.59. The van der Waals surface area contributed by atoms with E-state index in [1.807, 2.05) is 59.3 Å². The van der Waals surface area contributed by atoms with Crippen LogP contribution in [-0.4, -0.2) is 26.8 Å². The highest BCUT2D eigenvalue weighted by Crippen LogP contribution is 2.15. The molecule has 6 nitrogen and oxygen atoms in total. The number of hydrogen-bond acceptors (Lipinski definition) is 4. The second kappa shape index (κ2) is 6.60. The zero-order valence-electron chi connectivity index (χ0n) is 13.4. The first-order chi connectivity index (χ1) is 12.3. The number of amides is 1. The Balaban J connectivity index is 1.32. The average Bonchev–Trinajstić information content (AvgIpc) is 3.23. The number of rotatable bonds is 5. The van der Waals surface area contributed by atoms with Gasteiger partial charge < -0.3 is 14.1 Å². The third-order valence-electron chi connectivity index (χ3n) is 3.78. The molecule has 3 aromatic heterocycles. The van der Waals surface area contributed by atoms with E-state index >= 15 is 0 Å². The zero-order valence-corrected chi connectivity index (χ0v) is 13.4. The molecule has 0 saturated heterocycles. The summed E-state index contributed by atoms with van der Waals surface area (Å²) in [5.41, 5.74) is 3.32. The molecular formula is C19H16N4O2. The topological polar surface area (TPSA) is 72.4 Å². The van der Waals surface area contributed by atoms with Crippen molar-refractivity contribution < 1.29 is 9.21 Å². The monoisotopic (exact) mass is 332 g/mol. The Morgan fingerprint density at radius 1 is 1.16 bits per heavy atom. The Morgan fingerprint density at radius 2 is 2.04 bits per heavy atom. The molecule has 1 N–H and O–H groups in total. The summed E-state index contributed by atoms with van der Waals surface area (Å²) in [5.74, 6) is 0.225. The Labute approximate surface area is 143 Å². The highest BCUT2D eigenvalue weighted by atomic mass is 16.3. The van der Waals surface area contributed by atoms with Crippen LogP contribution in [0.5, 0.6) is 0 Å².